The molecule has 0 aliphatic heterocycles. The minimum Gasteiger partial charge on any atom is -0.458 e. The van der Waals surface area contributed by atoms with Crippen molar-refractivity contribution in [3.63, 3.8) is 0 Å². The molecule has 2 aromatic rings. The second-order valence-electron chi connectivity index (χ2n) is 15.8. The second kappa shape index (κ2) is 19.5. The lowest BCUT2D eigenvalue weighted by atomic mass is 9.94. The third-order valence-corrected chi connectivity index (χ3v) is 8.05. The standard InChI is InChI=1S/C41H63N3O6/c1-12-13-14-15-19-24-44(37(46)33(25-28(2)3)43-39(48)50-41(9,10)11)35(32-23-22-29(4)26-30(32)5)36(45)42-34(38(47)49-40(6,7)8)27-31-20-17-16-18-21-31/h16-18,20-23,26,28,33-35H,12-15,19,24-25,27H2,1-11H3,(H,42,45)(H,43,48). The number of rotatable bonds is 17. The number of unbranched alkanes of at least 4 members (excludes halogenated alkanes) is 4. The van der Waals surface area contributed by atoms with Crippen LogP contribution in [-0.2, 0) is 30.3 Å². The van der Waals surface area contributed by atoms with Crippen molar-refractivity contribution >= 4 is 23.9 Å². The largest absolute Gasteiger partial charge is 0.458 e. The molecule has 0 fully saturated rings. The van der Waals surface area contributed by atoms with Crippen molar-refractivity contribution in [1.82, 2.24) is 15.5 Å². The van der Waals surface area contributed by atoms with Crippen molar-refractivity contribution in [2.45, 2.75) is 150 Å². The van der Waals surface area contributed by atoms with Crippen LogP contribution < -0.4 is 10.6 Å². The third kappa shape index (κ3) is 14.9. The van der Waals surface area contributed by atoms with Crippen molar-refractivity contribution < 1.29 is 28.7 Å². The van der Waals surface area contributed by atoms with E-state index in [0.29, 0.717) is 18.4 Å². The number of amides is 3. The average Bonchev–Trinajstić information content (AvgIpc) is 2.98. The molecule has 2 rings (SSSR count). The zero-order chi connectivity index (χ0) is 37.6. The van der Waals surface area contributed by atoms with Crippen LogP contribution in [-0.4, -0.2) is 58.6 Å². The van der Waals surface area contributed by atoms with E-state index in [2.05, 4.69) is 17.6 Å². The van der Waals surface area contributed by atoms with Crippen LogP contribution >= 0.6 is 0 Å². The van der Waals surface area contributed by atoms with Gasteiger partial charge >= 0.3 is 12.1 Å². The van der Waals surface area contributed by atoms with Crippen LogP contribution in [0.15, 0.2) is 48.5 Å². The van der Waals surface area contributed by atoms with E-state index in [-0.39, 0.29) is 24.8 Å². The Hall–Kier alpha value is -3.88. The predicted molar refractivity (Wildman–Crippen MR) is 200 cm³/mol. The average molecular weight is 694 g/mol. The number of carbonyl (C=O) groups excluding carboxylic acids is 4. The number of esters is 1. The Morgan fingerprint density at radius 2 is 1.40 bits per heavy atom. The number of nitrogens with zero attached hydrogens (tertiary/aromatic N) is 1. The molecule has 0 aliphatic rings. The van der Waals surface area contributed by atoms with Crippen LogP contribution in [0, 0.1) is 19.8 Å². The molecule has 0 bridgehead atoms. The van der Waals surface area contributed by atoms with Crippen LogP contribution in [0.1, 0.15) is 129 Å². The maximum atomic E-state index is 14.8. The number of aryl methyl sites for hydroxylation is 2. The molecule has 0 aromatic heterocycles. The fourth-order valence-corrected chi connectivity index (χ4v) is 5.84. The minimum absolute atomic E-state index is 0.0566. The molecule has 9 nitrogen and oxygen atoms in total. The van der Waals surface area contributed by atoms with Crippen LogP contribution in [0.25, 0.3) is 0 Å². The molecular formula is C41H63N3O6. The third-order valence-electron chi connectivity index (χ3n) is 8.05. The summed E-state index contributed by atoms with van der Waals surface area (Å²) < 4.78 is 11.3. The van der Waals surface area contributed by atoms with Crippen molar-refractivity contribution in [2.75, 3.05) is 6.54 Å². The van der Waals surface area contributed by atoms with E-state index in [1.54, 1.807) is 46.4 Å². The number of carbonyl (C=O) groups is 4. The summed E-state index contributed by atoms with van der Waals surface area (Å²) in [4.78, 5) is 57.8. The molecule has 0 aliphatic carbocycles. The van der Waals surface area contributed by atoms with Gasteiger partial charge in [-0.15, -0.1) is 0 Å². The molecule has 50 heavy (non-hydrogen) atoms. The first kappa shape index (κ1) is 42.3. The lowest BCUT2D eigenvalue weighted by Gasteiger charge is -2.36. The number of benzene rings is 2. The molecule has 0 heterocycles. The molecule has 0 radical (unpaired) electrons. The SMILES string of the molecule is CCCCCCCN(C(=O)C(CC(C)C)NC(=O)OC(C)(C)C)C(C(=O)NC(Cc1ccccc1)C(=O)OC(C)(C)C)c1ccc(C)cc1C. The first-order valence-corrected chi connectivity index (χ1v) is 18.3. The van der Waals surface area contributed by atoms with E-state index in [9.17, 15) is 19.2 Å². The topological polar surface area (TPSA) is 114 Å². The molecular weight excluding hydrogens is 630 g/mol. The zero-order valence-electron chi connectivity index (χ0n) is 32.5. The summed E-state index contributed by atoms with van der Waals surface area (Å²) in [7, 11) is 0. The summed E-state index contributed by atoms with van der Waals surface area (Å²) in [5.74, 6) is -1.37. The van der Waals surface area contributed by atoms with Crippen LogP contribution in [0.2, 0.25) is 0 Å². The first-order chi connectivity index (χ1) is 23.3. The Kier molecular flexibility index (Phi) is 16.5. The monoisotopic (exact) mass is 693 g/mol. The smallest absolute Gasteiger partial charge is 0.408 e. The maximum Gasteiger partial charge on any atom is 0.408 e. The van der Waals surface area contributed by atoms with Gasteiger partial charge in [-0.3, -0.25) is 9.59 Å². The molecule has 2 aromatic carbocycles. The summed E-state index contributed by atoms with van der Waals surface area (Å²) in [6.07, 6.45) is 4.55. The van der Waals surface area contributed by atoms with Gasteiger partial charge in [-0.2, -0.15) is 0 Å². The van der Waals surface area contributed by atoms with E-state index in [4.69, 9.17) is 9.47 Å². The van der Waals surface area contributed by atoms with Gasteiger partial charge in [0, 0.05) is 13.0 Å². The fraction of sp³-hybridized carbons (Fsp3) is 0.610. The van der Waals surface area contributed by atoms with Gasteiger partial charge in [-0.25, -0.2) is 9.59 Å². The molecule has 0 saturated heterocycles. The summed E-state index contributed by atoms with van der Waals surface area (Å²) in [6, 6.07) is 12.2. The molecule has 278 valence electrons. The molecule has 3 amide bonds. The van der Waals surface area contributed by atoms with Gasteiger partial charge in [0.2, 0.25) is 11.8 Å². The van der Waals surface area contributed by atoms with E-state index in [1.165, 1.54) is 0 Å². The molecule has 3 atom stereocenters. The highest BCUT2D eigenvalue weighted by atomic mass is 16.6. The number of ether oxygens (including phenoxy) is 2. The van der Waals surface area contributed by atoms with Crippen LogP contribution in [0.3, 0.4) is 0 Å². The Morgan fingerprint density at radius 1 is 0.780 bits per heavy atom. The fourth-order valence-electron chi connectivity index (χ4n) is 5.84. The zero-order valence-corrected chi connectivity index (χ0v) is 32.5. The minimum atomic E-state index is -1.08. The summed E-state index contributed by atoms with van der Waals surface area (Å²) >= 11 is 0. The normalized spacial score (nSPS) is 13.6. The molecule has 3 unspecified atom stereocenters. The van der Waals surface area contributed by atoms with Gasteiger partial charge in [0.1, 0.15) is 29.3 Å². The highest BCUT2D eigenvalue weighted by Gasteiger charge is 2.39. The quantitative estimate of drug-likeness (QED) is 0.128. The molecule has 0 spiro atoms. The van der Waals surface area contributed by atoms with Gasteiger partial charge in [0.05, 0.1) is 0 Å². The molecule has 0 saturated carbocycles. The van der Waals surface area contributed by atoms with E-state index >= 15 is 0 Å². The number of hydrogen-bond donors (Lipinski definition) is 2. The summed E-state index contributed by atoms with van der Waals surface area (Å²) in [5.41, 5.74) is 1.83. The van der Waals surface area contributed by atoms with E-state index in [1.807, 2.05) is 76.2 Å². The summed E-state index contributed by atoms with van der Waals surface area (Å²) in [6.45, 7) is 21.0. The van der Waals surface area contributed by atoms with Gasteiger partial charge in [0.25, 0.3) is 0 Å². The Labute approximate surface area is 301 Å². The van der Waals surface area contributed by atoms with Crippen molar-refractivity contribution in [3.05, 3.63) is 70.8 Å². The van der Waals surface area contributed by atoms with Crippen LogP contribution in [0.5, 0.6) is 0 Å². The Balaban J connectivity index is 2.68. The van der Waals surface area contributed by atoms with Gasteiger partial charge in [-0.05, 0) is 90.8 Å². The number of alkyl carbamates (subject to hydrolysis) is 1. The van der Waals surface area contributed by atoms with Crippen LogP contribution in [0.4, 0.5) is 4.79 Å². The maximum absolute atomic E-state index is 14.8. The van der Waals surface area contributed by atoms with Gasteiger partial charge in [0.15, 0.2) is 0 Å². The lowest BCUT2D eigenvalue weighted by molar-refractivity contribution is -0.159. The van der Waals surface area contributed by atoms with Gasteiger partial charge < -0.3 is 25.0 Å². The molecule has 9 heteroatoms. The highest BCUT2D eigenvalue weighted by molar-refractivity contribution is 5.94. The van der Waals surface area contributed by atoms with Crippen molar-refractivity contribution in [3.8, 4) is 0 Å². The number of hydrogen-bond acceptors (Lipinski definition) is 6. The first-order valence-electron chi connectivity index (χ1n) is 18.3. The number of nitrogens with one attached hydrogen (secondary N) is 2. The van der Waals surface area contributed by atoms with Crippen molar-refractivity contribution in [2.24, 2.45) is 5.92 Å². The van der Waals surface area contributed by atoms with E-state index in [0.717, 1.165) is 42.4 Å². The Bertz CT molecular complexity index is 1390. The van der Waals surface area contributed by atoms with Gasteiger partial charge in [-0.1, -0.05) is 101 Å². The molecule has 2 N–H and O–H groups in total. The van der Waals surface area contributed by atoms with E-state index < -0.39 is 47.3 Å². The highest BCUT2D eigenvalue weighted by Crippen LogP contribution is 2.29. The predicted octanol–water partition coefficient (Wildman–Crippen LogP) is 8.15. The lowest BCUT2D eigenvalue weighted by Crippen LogP contribution is -2.55. The second-order valence-corrected chi connectivity index (χ2v) is 15.8. The Morgan fingerprint density at radius 3 is 1.96 bits per heavy atom. The van der Waals surface area contributed by atoms with Crippen molar-refractivity contribution in [1.29, 1.82) is 0 Å². The summed E-state index contributed by atoms with van der Waals surface area (Å²) in [5, 5.41) is 5.83.